The Kier molecular flexibility index (Phi) is 7.38. The first-order valence-electron chi connectivity index (χ1n) is 4.63. The van der Waals surface area contributed by atoms with Crippen LogP contribution < -0.4 is 40.1 Å². The Morgan fingerprint density at radius 3 is 2.71 bits per heavy atom. The van der Waals surface area contributed by atoms with E-state index in [0.29, 0.717) is 10.7 Å². The van der Waals surface area contributed by atoms with Gasteiger partial charge in [-0.05, 0) is 34.5 Å². The number of carbonyl (C=O) groups is 1. The van der Waals surface area contributed by atoms with Crippen LogP contribution in [0.5, 0.6) is 0 Å². The Morgan fingerprint density at radius 1 is 1.59 bits per heavy atom. The van der Waals surface area contributed by atoms with Crippen LogP contribution in [0.3, 0.4) is 0 Å². The molecular formula is C10H12ClN3NaO2+. The Morgan fingerprint density at radius 2 is 2.24 bits per heavy atom. The van der Waals surface area contributed by atoms with Crippen LogP contribution in [0.1, 0.15) is 5.56 Å². The van der Waals surface area contributed by atoms with Crippen LogP contribution in [-0.2, 0) is 4.79 Å². The Bertz CT molecular complexity index is 438. The number of carboxylic acid groups (broad SMARTS) is 1. The van der Waals surface area contributed by atoms with Gasteiger partial charge in [-0.25, -0.2) is 0 Å². The number of carbonyl (C=O) groups excluding carboxylic acids is 1. The van der Waals surface area contributed by atoms with E-state index in [1.165, 1.54) is 7.05 Å². The molecule has 0 aliphatic heterocycles. The van der Waals surface area contributed by atoms with Crippen molar-refractivity contribution in [2.75, 3.05) is 19.0 Å². The standard InChI is InChI=1S/C10H12ClN3O2.Na/c1-7-3-4-8(5-9(7)11)13-14(12-2)6-10(15)16;/h3-5H,6H2,1-2H3,(H-,12,13,15,16);/q;+1. The number of hydrazine groups is 1. The van der Waals surface area contributed by atoms with E-state index in [0.717, 1.165) is 10.4 Å². The van der Waals surface area contributed by atoms with E-state index in [1.54, 1.807) is 12.1 Å². The number of benzene rings is 1. The number of hydrogen-bond donors (Lipinski definition) is 1. The molecule has 0 radical (unpaired) electrons. The summed E-state index contributed by atoms with van der Waals surface area (Å²) < 4.78 is 0. The van der Waals surface area contributed by atoms with Crippen molar-refractivity contribution in [3.63, 3.8) is 0 Å². The molecule has 0 spiro atoms. The topological polar surface area (TPSA) is 67.5 Å². The average Bonchev–Trinajstić information content (AvgIpc) is 2.22. The molecule has 0 aliphatic rings. The number of rotatable bonds is 4. The summed E-state index contributed by atoms with van der Waals surface area (Å²) in [7, 11) is 1.48. The molecule has 1 aromatic rings. The minimum Gasteiger partial charge on any atom is -0.543 e. The van der Waals surface area contributed by atoms with Gasteiger partial charge >= 0.3 is 29.6 Å². The largest absolute Gasteiger partial charge is 1.00 e. The Labute approximate surface area is 127 Å². The summed E-state index contributed by atoms with van der Waals surface area (Å²) in [5.41, 5.74) is 4.41. The first-order valence-corrected chi connectivity index (χ1v) is 5.00. The van der Waals surface area contributed by atoms with E-state index in [9.17, 15) is 9.90 Å². The first kappa shape index (κ1) is 16.4. The predicted octanol–water partition coefficient (Wildman–Crippen LogP) is -2.18. The van der Waals surface area contributed by atoms with Crippen LogP contribution in [0.25, 0.3) is 0 Å². The van der Waals surface area contributed by atoms with Gasteiger partial charge in [0.25, 0.3) is 0 Å². The average molecular weight is 265 g/mol. The summed E-state index contributed by atoms with van der Waals surface area (Å²) in [5, 5.41) is 14.7. The zero-order valence-corrected chi connectivity index (χ0v) is 12.8. The second kappa shape index (κ2) is 7.66. The Hall–Kier alpha value is -0.620. The third kappa shape index (κ3) is 5.50. The molecule has 0 saturated carbocycles. The van der Waals surface area contributed by atoms with Gasteiger partial charge in [0.15, 0.2) is 0 Å². The van der Waals surface area contributed by atoms with E-state index in [2.05, 4.69) is 10.5 Å². The fraction of sp³-hybridized carbons (Fsp3) is 0.300. The van der Waals surface area contributed by atoms with Crippen LogP contribution in [-0.4, -0.2) is 24.4 Å². The minimum absolute atomic E-state index is 0. The number of aliphatic carboxylic acids is 1. The number of azo groups is 1. The molecular weight excluding hydrogens is 253 g/mol. The van der Waals surface area contributed by atoms with Crippen molar-refractivity contribution in [1.82, 2.24) is 0 Å². The van der Waals surface area contributed by atoms with Crippen LogP contribution in [0.15, 0.2) is 23.3 Å². The van der Waals surface area contributed by atoms with E-state index >= 15 is 0 Å². The van der Waals surface area contributed by atoms with Crippen molar-refractivity contribution < 1.29 is 44.3 Å². The van der Waals surface area contributed by atoms with E-state index in [1.807, 2.05) is 13.0 Å². The molecule has 1 aromatic carbocycles. The van der Waals surface area contributed by atoms with Gasteiger partial charge in [0.2, 0.25) is 6.54 Å². The summed E-state index contributed by atoms with van der Waals surface area (Å²) >= 11 is 5.93. The maximum Gasteiger partial charge on any atom is 1.00 e. The molecule has 0 fully saturated rings. The SMILES string of the molecule is CN=[N+](CC(=O)[O-])Nc1ccc(C)c(Cl)c1.[Na+]. The quantitative estimate of drug-likeness (QED) is 0.291. The van der Waals surface area contributed by atoms with Crippen molar-refractivity contribution in [3.8, 4) is 0 Å². The molecule has 0 unspecified atom stereocenters. The molecule has 0 aromatic heterocycles. The normalized spacial score (nSPS) is 10.6. The van der Waals surface area contributed by atoms with Crippen molar-refractivity contribution in [2.24, 2.45) is 5.11 Å². The summed E-state index contributed by atoms with van der Waals surface area (Å²) in [6.07, 6.45) is 0. The first-order chi connectivity index (χ1) is 7.52. The molecule has 0 aliphatic carbocycles. The third-order valence-electron chi connectivity index (χ3n) is 1.95. The second-order valence-corrected chi connectivity index (χ2v) is 3.61. The van der Waals surface area contributed by atoms with Gasteiger partial charge in [-0.15, -0.1) is 5.43 Å². The molecule has 1 N–H and O–H groups in total. The van der Waals surface area contributed by atoms with Crippen molar-refractivity contribution in [3.05, 3.63) is 28.8 Å². The van der Waals surface area contributed by atoms with Crippen molar-refractivity contribution in [2.45, 2.75) is 6.92 Å². The molecule has 7 heteroatoms. The smallest absolute Gasteiger partial charge is 0.543 e. The number of halogens is 1. The second-order valence-electron chi connectivity index (χ2n) is 3.21. The summed E-state index contributed by atoms with van der Waals surface area (Å²) in [6, 6.07) is 5.32. The molecule has 1 rings (SSSR count). The zero-order chi connectivity index (χ0) is 12.1. The fourth-order valence-electron chi connectivity index (χ4n) is 1.09. The maximum atomic E-state index is 10.4. The van der Waals surface area contributed by atoms with Gasteiger partial charge < -0.3 is 9.90 Å². The minimum atomic E-state index is -1.21. The monoisotopic (exact) mass is 264 g/mol. The van der Waals surface area contributed by atoms with Gasteiger partial charge in [-0.1, -0.05) is 17.7 Å². The van der Waals surface area contributed by atoms with Gasteiger partial charge in [0.05, 0.1) is 12.7 Å². The van der Waals surface area contributed by atoms with Gasteiger partial charge in [-0.3, -0.25) is 0 Å². The van der Waals surface area contributed by atoms with Gasteiger partial charge in [0, 0.05) is 5.02 Å². The molecule has 0 amide bonds. The van der Waals surface area contributed by atoms with Crippen molar-refractivity contribution in [1.29, 1.82) is 0 Å². The molecule has 0 saturated heterocycles. The summed E-state index contributed by atoms with van der Waals surface area (Å²) in [6.45, 7) is 1.55. The third-order valence-corrected chi connectivity index (χ3v) is 2.36. The maximum absolute atomic E-state index is 10.4. The van der Waals surface area contributed by atoms with Crippen LogP contribution >= 0.6 is 11.6 Å². The summed E-state index contributed by atoms with van der Waals surface area (Å²) in [5.74, 6) is -1.21. The molecule has 86 valence electrons. The number of nitrogens with one attached hydrogen (secondary N) is 1. The van der Waals surface area contributed by atoms with Crippen LogP contribution in [0, 0.1) is 6.92 Å². The van der Waals surface area contributed by atoms with Crippen molar-refractivity contribution >= 4 is 23.3 Å². The Balaban J connectivity index is 0.00000256. The van der Waals surface area contributed by atoms with Crippen LogP contribution in [0.4, 0.5) is 5.69 Å². The number of hydrogen-bond acceptors (Lipinski definition) is 3. The fourth-order valence-corrected chi connectivity index (χ4v) is 1.27. The predicted molar refractivity (Wildman–Crippen MR) is 58.3 cm³/mol. The molecule has 0 atom stereocenters. The number of anilines is 1. The summed E-state index contributed by atoms with van der Waals surface area (Å²) in [4.78, 5) is 11.6. The van der Waals surface area contributed by atoms with Gasteiger partial charge in [0.1, 0.15) is 5.97 Å². The molecule has 0 bridgehead atoms. The van der Waals surface area contributed by atoms with E-state index in [-0.39, 0.29) is 36.1 Å². The molecule has 5 nitrogen and oxygen atoms in total. The van der Waals surface area contributed by atoms with Crippen LogP contribution in [0.2, 0.25) is 5.02 Å². The number of nitrogens with zero attached hydrogens (tertiary/aromatic N) is 2. The molecule has 0 heterocycles. The number of aryl methyl sites for hydroxylation is 1. The number of carboxylic acids is 1. The zero-order valence-electron chi connectivity index (χ0n) is 10.0. The van der Waals surface area contributed by atoms with E-state index in [4.69, 9.17) is 11.6 Å². The molecule has 17 heavy (non-hydrogen) atoms. The van der Waals surface area contributed by atoms with E-state index < -0.39 is 5.97 Å². The van der Waals surface area contributed by atoms with Gasteiger partial charge in [-0.2, -0.15) is 0 Å².